The standard InChI is InChI=1S/C28H43N3O4SSi/c1-18(19-12-13-19)22-15-14-20-10-9-11-23(20)25(22)29-26(32)30-36(34,31-37(7,8)27(2,3)4)24-16-21(17-35-24)28(5,6)33/h14-19,33H,9-13H2,1-8H3,(H2,29,30,31,32,34)/t18?,36-/m0/s1. The molecule has 2 aromatic rings. The van der Waals surface area contributed by atoms with E-state index in [1.165, 1.54) is 30.2 Å². The van der Waals surface area contributed by atoms with Gasteiger partial charge in [0, 0.05) is 17.3 Å². The summed E-state index contributed by atoms with van der Waals surface area (Å²) in [6.07, 6.45) is 6.81. The van der Waals surface area contributed by atoms with Gasteiger partial charge in [-0.15, -0.1) is 0 Å². The average Bonchev–Trinajstić information content (AvgIpc) is 3.27. The fourth-order valence-electron chi connectivity index (χ4n) is 4.69. The van der Waals surface area contributed by atoms with Crippen molar-refractivity contribution in [1.82, 2.24) is 4.72 Å². The molecule has 3 N–H and O–H groups in total. The summed E-state index contributed by atoms with van der Waals surface area (Å²) in [5, 5.41) is 13.4. The fraction of sp³-hybridized carbons (Fsp3) is 0.607. The second-order valence-corrected chi connectivity index (χ2v) is 19.8. The number of nitrogens with one attached hydrogen (secondary N) is 2. The number of carbonyl (C=O) groups excluding carboxylic acids is 1. The van der Waals surface area contributed by atoms with Crippen LogP contribution < -0.4 is 10.0 Å². The summed E-state index contributed by atoms with van der Waals surface area (Å²) in [5.41, 5.74) is 3.76. The van der Waals surface area contributed by atoms with Crippen LogP contribution in [0.3, 0.4) is 0 Å². The molecule has 2 atom stereocenters. The van der Waals surface area contributed by atoms with Gasteiger partial charge in [0.25, 0.3) is 0 Å². The molecule has 0 spiro atoms. The van der Waals surface area contributed by atoms with Gasteiger partial charge in [-0.2, -0.15) is 0 Å². The van der Waals surface area contributed by atoms with Gasteiger partial charge < -0.3 is 14.8 Å². The van der Waals surface area contributed by atoms with Gasteiger partial charge >= 0.3 is 6.03 Å². The van der Waals surface area contributed by atoms with Crippen LogP contribution in [0.2, 0.25) is 18.1 Å². The van der Waals surface area contributed by atoms with Gasteiger partial charge in [0.05, 0.1) is 11.9 Å². The highest BCUT2D eigenvalue weighted by molar-refractivity contribution is 7.93. The summed E-state index contributed by atoms with van der Waals surface area (Å²) in [6, 6.07) is 5.34. The number of fused-ring (bicyclic) bond motifs is 1. The van der Waals surface area contributed by atoms with E-state index in [4.69, 9.17) is 8.45 Å². The molecule has 1 saturated carbocycles. The first-order valence-electron chi connectivity index (χ1n) is 13.3. The topological polar surface area (TPSA) is 104 Å². The molecule has 1 aromatic carbocycles. The third kappa shape index (κ3) is 5.83. The molecular weight excluding hydrogens is 502 g/mol. The van der Waals surface area contributed by atoms with Crippen molar-refractivity contribution in [3.8, 4) is 0 Å². The Morgan fingerprint density at radius 2 is 1.86 bits per heavy atom. The molecule has 1 unspecified atom stereocenters. The largest absolute Gasteiger partial charge is 0.452 e. The van der Waals surface area contributed by atoms with E-state index in [0.717, 1.165) is 30.5 Å². The van der Waals surface area contributed by atoms with Crippen molar-refractivity contribution in [2.24, 2.45) is 9.95 Å². The van der Waals surface area contributed by atoms with E-state index in [9.17, 15) is 14.1 Å². The minimum Gasteiger partial charge on any atom is -0.452 e. The summed E-state index contributed by atoms with van der Waals surface area (Å²) < 4.78 is 27.7. The summed E-state index contributed by atoms with van der Waals surface area (Å²) >= 11 is 0. The van der Waals surface area contributed by atoms with Crippen LogP contribution in [0, 0.1) is 5.92 Å². The zero-order valence-electron chi connectivity index (χ0n) is 23.5. The molecule has 7 nitrogen and oxygen atoms in total. The van der Waals surface area contributed by atoms with Crippen molar-refractivity contribution in [2.75, 3.05) is 5.32 Å². The Hall–Kier alpha value is -2.10. The molecule has 1 aromatic heterocycles. The number of amides is 2. The van der Waals surface area contributed by atoms with E-state index in [0.29, 0.717) is 17.4 Å². The number of rotatable bonds is 7. The van der Waals surface area contributed by atoms with E-state index < -0.39 is 29.8 Å². The number of carbonyl (C=O) groups is 1. The van der Waals surface area contributed by atoms with Gasteiger partial charge in [0.1, 0.15) is 0 Å². The van der Waals surface area contributed by atoms with E-state index in [-0.39, 0.29) is 10.1 Å². The zero-order chi connectivity index (χ0) is 27.4. The van der Waals surface area contributed by atoms with Crippen LogP contribution in [0.1, 0.15) is 89.0 Å². The Labute approximate surface area is 223 Å². The van der Waals surface area contributed by atoms with Crippen molar-refractivity contribution in [3.05, 3.63) is 46.7 Å². The molecule has 2 aliphatic rings. The maximum absolute atomic E-state index is 14.5. The highest BCUT2D eigenvalue weighted by atomic mass is 32.2. The Bertz CT molecular complexity index is 1310. The molecule has 0 aliphatic heterocycles. The number of nitrogens with zero attached hydrogens (tertiary/aromatic N) is 1. The molecule has 2 amide bonds. The summed E-state index contributed by atoms with van der Waals surface area (Å²) in [4.78, 5) is 13.6. The minimum absolute atomic E-state index is 0.0504. The lowest BCUT2D eigenvalue weighted by molar-refractivity contribution is 0.0779. The molecule has 0 saturated heterocycles. The maximum Gasteiger partial charge on any atom is 0.332 e. The lowest BCUT2D eigenvalue weighted by atomic mass is 9.91. The minimum atomic E-state index is -3.47. The number of hydrogen-bond acceptors (Lipinski definition) is 5. The second kappa shape index (κ2) is 9.57. The normalized spacial score (nSPS) is 18.6. The van der Waals surface area contributed by atoms with Crippen LogP contribution in [0.4, 0.5) is 10.5 Å². The summed E-state index contributed by atoms with van der Waals surface area (Å²) in [7, 11) is -5.96. The first-order valence-corrected chi connectivity index (χ1v) is 17.8. The lowest BCUT2D eigenvalue weighted by Crippen LogP contribution is -2.41. The zero-order valence-corrected chi connectivity index (χ0v) is 25.3. The van der Waals surface area contributed by atoms with E-state index in [1.54, 1.807) is 19.9 Å². The third-order valence-corrected chi connectivity index (χ3v) is 16.1. The van der Waals surface area contributed by atoms with Gasteiger partial charge in [-0.1, -0.05) is 39.8 Å². The number of hydrogen-bond donors (Lipinski definition) is 3. The number of aliphatic hydroxyl groups is 1. The van der Waals surface area contributed by atoms with Crippen LogP contribution in [0.25, 0.3) is 0 Å². The molecular formula is C28H43N3O4SSi. The molecule has 0 radical (unpaired) electrons. The van der Waals surface area contributed by atoms with Crippen molar-refractivity contribution in [3.63, 3.8) is 0 Å². The fourth-order valence-corrected chi connectivity index (χ4v) is 9.76. The Balaban J connectivity index is 1.73. The van der Waals surface area contributed by atoms with Crippen LogP contribution in [0.5, 0.6) is 0 Å². The second-order valence-electron chi connectivity index (χ2n) is 12.8. The lowest BCUT2D eigenvalue weighted by Gasteiger charge is -2.33. The van der Waals surface area contributed by atoms with Crippen LogP contribution in [0.15, 0.2) is 38.0 Å². The quantitative estimate of drug-likeness (QED) is 0.323. The Kier molecular flexibility index (Phi) is 7.22. The molecule has 0 bridgehead atoms. The van der Waals surface area contributed by atoms with Gasteiger partial charge in [-0.25, -0.2) is 13.7 Å². The first-order chi connectivity index (χ1) is 17.0. The highest BCUT2D eigenvalue weighted by Crippen LogP contribution is 2.46. The molecule has 4 rings (SSSR count). The smallest absolute Gasteiger partial charge is 0.332 e. The Morgan fingerprint density at radius 3 is 2.43 bits per heavy atom. The van der Waals surface area contributed by atoms with Crippen molar-refractivity contribution >= 4 is 29.9 Å². The van der Waals surface area contributed by atoms with Crippen LogP contribution >= 0.6 is 0 Å². The number of aryl methyl sites for hydroxylation is 1. The number of urea groups is 1. The van der Waals surface area contributed by atoms with Gasteiger partial charge in [-0.3, -0.25) is 4.03 Å². The predicted molar refractivity (Wildman–Crippen MR) is 152 cm³/mol. The van der Waals surface area contributed by atoms with Crippen LogP contribution in [-0.2, 0) is 28.4 Å². The van der Waals surface area contributed by atoms with Crippen LogP contribution in [-0.4, -0.2) is 23.6 Å². The molecule has 204 valence electrons. The molecule has 9 heteroatoms. The third-order valence-electron chi connectivity index (χ3n) is 8.35. The summed E-state index contributed by atoms with van der Waals surface area (Å²) in [5.74, 6) is 0.992. The van der Waals surface area contributed by atoms with E-state index >= 15 is 0 Å². The number of anilines is 1. The van der Waals surface area contributed by atoms with E-state index in [2.05, 4.69) is 49.9 Å². The molecule has 2 aliphatic carbocycles. The van der Waals surface area contributed by atoms with Crippen molar-refractivity contribution in [2.45, 2.75) is 108 Å². The summed E-state index contributed by atoms with van der Waals surface area (Å²) in [6.45, 7) is 15.8. The highest BCUT2D eigenvalue weighted by Gasteiger charge is 2.39. The van der Waals surface area contributed by atoms with Gasteiger partial charge in [0.2, 0.25) is 5.09 Å². The maximum atomic E-state index is 14.5. The van der Waals surface area contributed by atoms with Gasteiger partial charge in [-0.05, 0) is 92.6 Å². The monoisotopic (exact) mass is 545 g/mol. The predicted octanol–water partition coefficient (Wildman–Crippen LogP) is 7.08. The first kappa shape index (κ1) is 27.9. The molecule has 1 heterocycles. The van der Waals surface area contributed by atoms with E-state index in [1.807, 2.05) is 13.1 Å². The number of furan rings is 1. The van der Waals surface area contributed by atoms with Crippen molar-refractivity contribution in [1.29, 1.82) is 0 Å². The van der Waals surface area contributed by atoms with Crippen molar-refractivity contribution < 1.29 is 18.5 Å². The number of benzene rings is 1. The average molecular weight is 546 g/mol. The van der Waals surface area contributed by atoms with Gasteiger partial charge in [0.15, 0.2) is 18.2 Å². The Morgan fingerprint density at radius 1 is 1.19 bits per heavy atom. The SMILES string of the molecule is CC(c1ccc2c(c1NC(=O)N[S@](=O)(=N[Si](C)(C)C(C)(C)C)c1cc(C(C)(C)O)co1)CCC2)C1CC1. The molecule has 37 heavy (non-hydrogen) atoms. The molecule has 1 fully saturated rings.